The summed E-state index contributed by atoms with van der Waals surface area (Å²) in [5, 5.41) is 0. The molecule has 1 aromatic heterocycles. The number of nitrogens with one attached hydrogen (secondary N) is 1. The Hall–Kier alpha value is -2.21. The number of hydrogen-bond acceptors (Lipinski definition) is 3. The topological polar surface area (TPSA) is 52.2 Å². The summed E-state index contributed by atoms with van der Waals surface area (Å²) in [6.45, 7) is 5.25. The third-order valence-corrected chi connectivity index (χ3v) is 6.77. The number of hydrogen-bond donors (Lipinski definition) is 1. The molecule has 1 aliphatic carbocycles. The zero-order valence-corrected chi connectivity index (χ0v) is 16.4. The van der Waals surface area contributed by atoms with E-state index in [9.17, 15) is 9.18 Å². The van der Waals surface area contributed by atoms with Crippen LogP contribution in [0.15, 0.2) is 24.5 Å². The minimum Gasteiger partial charge on any atom is -0.348 e. The lowest BCUT2D eigenvalue weighted by atomic mass is 9.78. The highest BCUT2D eigenvalue weighted by Crippen LogP contribution is 2.45. The minimum absolute atomic E-state index is 0.149. The summed E-state index contributed by atoms with van der Waals surface area (Å²) in [7, 11) is 0. The summed E-state index contributed by atoms with van der Waals surface area (Å²) >= 11 is 0. The van der Waals surface area contributed by atoms with E-state index in [0.717, 1.165) is 69.5 Å². The number of rotatable bonds is 3. The summed E-state index contributed by atoms with van der Waals surface area (Å²) in [6, 6.07) is 5.38. The SMILES string of the molecule is Cc1cc(CN2CCC3(CC2)c2nc[nH]c2CCN3C(=O)C2CC2)ccc1F. The predicted octanol–water partition coefficient (Wildman–Crippen LogP) is 3.14. The van der Waals surface area contributed by atoms with Crippen LogP contribution in [0.4, 0.5) is 4.39 Å². The lowest BCUT2D eigenvalue weighted by molar-refractivity contribution is -0.143. The van der Waals surface area contributed by atoms with Crippen molar-refractivity contribution in [3.8, 4) is 0 Å². The van der Waals surface area contributed by atoms with E-state index < -0.39 is 0 Å². The van der Waals surface area contributed by atoms with E-state index in [2.05, 4.69) is 19.8 Å². The number of carbonyl (C=O) groups is 1. The zero-order valence-electron chi connectivity index (χ0n) is 16.4. The van der Waals surface area contributed by atoms with Crippen molar-refractivity contribution in [2.24, 2.45) is 5.92 Å². The van der Waals surface area contributed by atoms with E-state index in [1.165, 1.54) is 5.69 Å². The van der Waals surface area contributed by atoms with Crippen LogP contribution in [0.5, 0.6) is 0 Å². The number of carbonyl (C=O) groups excluding carboxylic acids is 1. The molecule has 5 nitrogen and oxygen atoms in total. The fourth-order valence-electron chi connectivity index (χ4n) is 5.00. The van der Waals surface area contributed by atoms with Gasteiger partial charge in [0.05, 0.1) is 17.6 Å². The Kier molecular flexibility index (Phi) is 4.27. The quantitative estimate of drug-likeness (QED) is 0.887. The average molecular weight is 382 g/mol. The number of amides is 1. The first-order valence-corrected chi connectivity index (χ1v) is 10.4. The molecule has 0 unspecified atom stereocenters. The summed E-state index contributed by atoms with van der Waals surface area (Å²) < 4.78 is 13.6. The van der Waals surface area contributed by atoms with Crippen LogP contribution in [0.2, 0.25) is 0 Å². The number of H-pyrrole nitrogens is 1. The maximum absolute atomic E-state index is 13.6. The molecule has 0 radical (unpaired) electrons. The Morgan fingerprint density at radius 3 is 2.79 bits per heavy atom. The number of aromatic amines is 1. The van der Waals surface area contributed by atoms with Gasteiger partial charge in [0.2, 0.25) is 5.91 Å². The summed E-state index contributed by atoms with van der Waals surface area (Å²) in [5.74, 6) is 0.415. The maximum Gasteiger partial charge on any atom is 0.226 e. The lowest BCUT2D eigenvalue weighted by Crippen LogP contribution is -2.58. The number of likely N-dealkylation sites (tertiary alicyclic amines) is 1. The average Bonchev–Trinajstić information content (AvgIpc) is 3.43. The van der Waals surface area contributed by atoms with Crippen LogP contribution in [0.25, 0.3) is 0 Å². The molecule has 3 heterocycles. The van der Waals surface area contributed by atoms with Gasteiger partial charge in [0.1, 0.15) is 5.82 Å². The second-order valence-corrected chi connectivity index (χ2v) is 8.64. The van der Waals surface area contributed by atoms with Crippen molar-refractivity contribution in [1.82, 2.24) is 19.8 Å². The van der Waals surface area contributed by atoms with Crippen LogP contribution >= 0.6 is 0 Å². The maximum atomic E-state index is 13.6. The third-order valence-electron chi connectivity index (χ3n) is 6.77. The summed E-state index contributed by atoms with van der Waals surface area (Å²) in [5.41, 5.74) is 3.86. The van der Waals surface area contributed by atoms with Gasteiger partial charge in [-0.2, -0.15) is 0 Å². The molecule has 1 amide bonds. The number of benzene rings is 1. The van der Waals surface area contributed by atoms with E-state index in [1.807, 2.05) is 19.1 Å². The fourth-order valence-corrected chi connectivity index (χ4v) is 5.00. The molecule has 3 aliphatic rings. The van der Waals surface area contributed by atoms with Crippen LogP contribution in [-0.4, -0.2) is 45.3 Å². The number of piperidine rings is 1. The molecule has 0 atom stereocenters. The molecule has 6 heteroatoms. The number of aromatic nitrogens is 2. The highest BCUT2D eigenvalue weighted by molar-refractivity contribution is 5.82. The Morgan fingerprint density at radius 2 is 2.07 bits per heavy atom. The molecule has 28 heavy (non-hydrogen) atoms. The molecule has 2 aromatic rings. The number of imidazole rings is 1. The fraction of sp³-hybridized carbons (Fsp3) is 0.545. The molecule has 1 N–H and O–H groups in total. The van der Waals surface area contributed by atoms with Crippen molar-refractivity contribution >= 4 is 5.91 Å². The Morgan fingerprint density at radius 1 is 1.29 bits per heavy atom. The highest BCUT2D eigenvalue weighted by atomic mass is 19.1. The molecule has 1 saturated heterocycles. The summed E-state index contributed by atoms with van der Waals surface area (Å²) in [6.07, 6.45) is 6.54. The Labute approximate surface area is 164 Å². The monoisotopic (exact) mass is 382 g/mol. The van der Waals surface area contributed by atoms with Gasteiger partial charge in [0.15, 0.2) is 0 Å². The molecule has 1 aromatic carbocycles. The first-order valence-electron chi connectivity index (χ1n) is 10.4. The van der Waals surface area contributed by atoms with Gasteiger partial charge < -0.3 is 9.88 Å². The van der Waals surface area contributed by atoms with E-state index in [0.29, 0.717) is 11.5 Å². The molecule has 2 fully saturated rings. The molecule has 1 saturated carbocycles. The Balaban J connectivity index is 1.36. The number of fused-ring (bicyclic) bond motifs is 2. The second-order valence-electron chi connectivity index (χ2n) is 8.64. The predicted molar refractivity (Wildman–Crippen MR) is 104 cm³/mol. The minimum atomic E-state index is -0.261. The van der Waals surface area contributed by atoms with Gasteiger partial charge in [-0.1, -0.05) is 12.1 Å². The molecule has 2 aliphatic heterocycles. The van der Waals surface area contributed by atoms with E-state index in [-0.39, 0.29) is 17.3 Å². The van der Waals surface area contributed by atoms with E-state index >= 15 is 0 Å². The van der Waals surface area contributed by atoms with E-state index in [1.54, 1.807) is 12.4 Å². The van der Waals surface area contributed by atoms with Crippen molar-refractivity contribution < 1.29 is 9.18 Å². The second kappa shape index (κ2) is 6.69. The van der Waals surface area contributed by atoms with Crippen LogP contribution in [0.3, 0.4) is 0 Å². The van der Waals surface area contributed by atoms with Crippen molar-refractivity contribution in [2.75, 3.05) is 19.6 Å². The van der Waals surface area contributed by atoms with Crippen LogP contribution in [0.1, 0.15) is 48.2 Å². The van der Waals surface area contributed by atoms with Crippen molar-refractivity contribution in [3.63, 3.8) is 0 Å². The van der Waals surface area contributed by atoms with Gasteiger partial charge in [-0.15, -0.1) is 0 Å². The van der Waals surface area contributed by atoms with Crippen molar-refractivity contribution in [2.45, 2.75) is 51.1 Å². The molecular formula is C22H27FN4O. The Bertz CT molecular complexity index is 896. The van der Waals surface area contributed by atoms with Crippen LogP contribution in [-0.2, 0) is 23.3 Å². The number of nitrogens with zero attached hydrogens (tertiary/aromatic N) is 3. The van der Waals surface area contributed by atoms with Crippen molar-refractivity contribution in [3.05, 3.63) is 52.9 Å². The first-order chi connectivity index (χ1) is 13.6. The van der Waals surface area contributed by atoms with E-state index in [4.69, 9.17) is 0 Å². The van der Waals surface area contributed by atoms with Gasteiger partial charge in [-0.25, -0.2) is 9.37 Å². The zero-order chi connectivity index (χ0) is 19.3. The normalized spacial score (nSPS) is 21.7. The number of aryl methyl sites for hydroxylation is 1. The van der Waals surface area contributed by atoms with Crippen LogP contribution < -0.4 is 0 Å². The molecule has 1 spiro atoms. The van der Waals surface area contributed by atoms with Gasteiger partial charge in [-0.3, -0.25) is 9.69 Å². The van der Waals surface area contributed by atoms with Crippen molar-refractivity contribution in [1.29, 1.82) is 0 Å². The molecular weight excluding hydrogens is 355 g/mol. The molecule has 148 valence electrons. The van der Waals surface area contributed by atoms with Gasteiger partial charge in [0.25, 0.3) is 0 Å². The summed E-state index contributed by atoms with van der Waals surface area (Å²) in [4.78, 5) is 25.6. The van der Waals surface area contributed by atoms with Gasteiger partial charge in [-0.05, 0) is 49.8 Å². The standard InChI is InChI=1S/C22H27FN4O/c1-15-12-16(2-5-18(15)23)13-26-10-7-22(8-11-26)20-19(24-14-25-20)6-9-27(22)21(28)17-3-4-17/h2,5,12,14,17H,3-4,6-11,13H2,1H3,(H,24,25). The largest absolute Gasteiger partial charge is 0.348 e. The smallest absolute Gasteiger partial charge is 0.226 e. The van der Waals surface area contributed by atoms with Gasteiger partial charge >= 0.3 is 0 Å². The highest BCUT2D eigenvalue weighted by Gasteiger charge is 2.50. The first kappa shape index (κ1) is 17.9. The van der Waals surface area contributed by atoms with Gasteiger partial charge in [0, 0.05) is 44.2 Å². The third kappa shape index (κ3) is 2.94. The van der Waals surface area contributed by atoms with Crippen LogP contribution in [0, 0.1) is 18.7 Å². The lowest BCUT2D eigenvalue weighted by Gasteiger charge is -2.50. The number of halogens is 1. The molecule has 0 bridgehead atoms. The molecule has 5 rings (SSSR count).